The molecule has 24 heavy (non-hydrogen) atoms. The van der Waals surface area contributed by atoms with E-state index in [4.69, 9.17) is 20.1 Å². The van der Waals surface area contributed by atoms with Crippen molar-refractivity contribution in [2.75, 3.05) is 25.3 Å². The number of nitrogens with zero attached hydrogens (tertiary/aromatic N) is 1. The molecule has 0 radical (unpaired) electrons. The van der Waals surface area contributed by atoms with Crippen LogP contribution in [0, 0.1) is 5.82 Å². The molecule has 2 aromatic rings. The first kappa shape index (κ1) is 17.7. The van der Waals surface area contributed by atoms with Crippen LogP contribution in [0.1, 0.15) is 5.56 Å². The number of methoxy groups -OCH3 is 1. The summed E-state index contributed by atoms with van der Waals surface area (Å²) in [6.45, 7) is 0.739. The fourth-order valence-corrected chi connectivity index (χ4v) is 1.84. The number of carbonyl (C=O) groups excluding carboxylic acids is 1. The Morgan fingerprint density at radius 3 is 2.38 bits per heavy atom. The van der Waals surface area contributed by atoms with Crippen LogP contribution in [0.3, 0.4) is 0 Å². The largest absolute Gasteiger partial charge is 0.489 e. The smallest absolute Gasteiger partial charge is 0.428 e. The van der Waals surface area contributed by atoms with Crippen LogP contribution in [-0.2, 0) is 16.1 Å². The lowest BCUT2D eigenvalue weighted by molar-refractivity contribution is 0.103. The molecule has 0 spiro atoms. The minimum absolute atomic E-state index is 0.127. The average molecular weight is 334 g/mol. The molecule has 0 saturated heterocycles. The summed E-state index contributed by atoms with van der Waals surface area (Å²) < 4.78 is 28.1. The summed E-state index contributed by atoms with van der Waals surface area (Å²) in [5.41, 5.74) is 1.31. The van der Waals surface area contributed by atoms with E-state index in [1.54, 1.807) is 36.4 Å². The molecule has 2 rings (SSSR count). The molecule has 0 heterocycles. The maximum atomic E-state index is 12.8. The summed E-state index contributed by atoms with van der Waals surface area (Å²) in [7, 11) is 1.51. The highest BCUT2D eigenvalue weighted by Gasteiger charge is 2.13. The van der Waals surface area contributed by atoms with Gasteiger partial charge < -0.3 is 14.2 Å². The standard InChI is InChI=1S/C17H19FN2O4/c1-22-10-11-23-17(21)20(19)15-6-8-16(9-7-15)24-12-13-2-4-14(18)5-3-13/h2-9H,10-12,19H2,1H3. The van der Waals surface area contributed by atoms with E-state index in [9.17, 15) is 9.18 Å². The number of halogens is 1. The number of hydrazine groups is 1. The van der Waals surface area contributed by atoms with Gasteiger partial charge >= 0.3 is 6.09 Å². The number of ether oxygens (including phenoxy) is 3. The van der Waals surface area contributed by atoms with E-state index in [2.05, 4.69) is 0 Å². The lowest BCUT2D eigenvalue weighted by Crippen LogP contribution is -2.38. The molecule has 0 aliphatic rings. The van der Waals surface area contributed by atoms with Crippen molar-refractivity contribution in [1.29, 1.82) is 0 Å². The summed E-state index contributed by atoms with van der Waals surface area (Å²) in [5, 5.41) is 0.902. The van der Waals surface area contributed by atoms with Crippen LogP contribution in [0.25, 0.3) is 0 Å². The third kappa shape index (κ3) is 5.22. The zero-order valence-corrected chi connectivity index (χ0v) is 13.3. The highest BCUT2D eigenvalue weighted by molar-refractivity contribution is 5.86. The Balaban J connectivity index is 1.87. The van der Waals surface area contributed by atoms with Crippen molar-refractivity contribution >= 4 is 11.8 Å². The zero-order chi connectivity index (χ0) is 17.4. The van der Waals surface area contributed by atoms with E-state index in [-0.39, 0.29) is 12.4 Å². The van der Waals surface area contributed by atoms with E-state index in [0.29, 0.717) is 24.7 Å². The molecule has 7 heteroatoms. The monoisotopic (exact) mass is 334 g/mol. The Morgan fingerprint density at radius 2 is 1.75 bits per heavy atom. The summed E-state index contributed by atoms with van der Waals surface area (Å²) in [5.74, 6) is 6.00. The molecule has 0 saturated carbocycles. The SMILES string of the molecule is COCCOC(=O)N(N)c1ccc(OCc2ccc(F)cc2)cc1. The van der Waals surface area contributed by atoms with Gasteiger partial charge in [0.2, 0.25) is 0 Å². The van der Waals surface area contributed by atoms with Crippen molar-refractivity contribution in [3.8, 4) is 5.75 Å². The van der Waals surface area contributed by atoms with Crippen LogP contribution < -0.4 is 15.6 Å². The summed E-state index contributed by atoms with van der Waals surface area (Å²) in [4.78, 5) is 11.7. The predicted molar refractivity (Wildman–Crippen MR) is 87.1 cm³/mol. The second-order valence-electron chi connectivity index (χ2n) is 4.89. The van der Waals surface area contributed by atoms with Gasteiger partial charge in [-0.3, -0.25) is 0 Å². The average Bonchev–Trinajstić information content (AvgIpc) is 2.61. The minimum atomic E-state index is -0.674. The van der Waals surface area contributed by atoms with Crippen LogP contribution in [0.2, 0.25) is 0 Å². The van der Waals surface area contributed by atoms with Crippen LogP contribution in [0.15, 0.2) is 48.5 Å². The first-order chi connectivity index (χ1) is 11.6. The van der Waals surface area contributed by atoms with Crippen LogP contribution in [-0.4, -0.2) is 26.4 Å². The first-order valence-corrected chi connectivity index (χ1v) is 7.28. The van der Waals surface area contributed by atoms with Gasteiger partial charge in [0.1, 0.15) is 24.8 Å². The number of benzene rings is 2. The van der Waals surface area contributed by atoms with Gasteiger partial charge in [-0.05, 0) is 42.0 Å². The fourth-order valence-electron chi connectivity index (χ4n) is 1.84. The lowest BCUT2D eigenvalue weighted by Gasteiger charge is -2.16. The number of carbonyl (C=O) groups is 1. The zero-order valence-electron chi connectivity index (χ0n) is 13.3. The van der Waals surface area contributed by atoms with E-state index >= 15 is 0 Å². The van der Waals surface area contributed by atoms with E-state index in [1.807, 2.05) is 0 Å². The highest BCUT2D eigenvalue weighted by atomic mass is 19.1. The van der Waals surface area contributed by atoms with Gasteiger partial charge in [0.05, 0.1) is 12.3 Å². The number of hydrogen-bond donors (Lipinski definition) is 1. The first-order valence-electron chi connectivity index (χ1n) is 7.28. The lowest BCUT2D eigenvalue weighted by atomic mass is 10.2. The number of amides is 1. The van der Waals surface area contributed by atoms with Gasteiger partial charge in [0.15, 0.2) is 0 Å². The van der Waals surface area contributed by atoms with Crippen molar-refractivity contribution in [2.45, 2.75) is 6.61 Å². The second-order valence-corrected chi connectivity index (χ2v) is 4.89. The molecule has 0 atom stereocenters. The number of anilines is 1. The van der Waals surface area contributed by atoms with Crippen molar-refractivity contribution in [1.82, 2.24) is 0 Å². The molecule has 2 aromatic carbocycles. The van der Waals surface area contributed by atoms with Crippen LogP contribution in [0.5, 0.6) is 5.75 Å². The van der Waals surface area contributed by atoms with Gasteiger partial charge in [0.25, 0.3) is 0 Å². The van der Waals surface area contributed by atoms with Gasteiger partial charge in [-0.2, -0.15) is 0 Å². The van der Waals surface area contributed by atoms with Crippen molar-refractivity contribution in [2.24, 2.45) is 5.84 Å². The Hall–Kier alpha value is -2.64. The number of hydrogen-bond acceptors (Lipinski definition) is 5. The molecule has 1 amide bonds. The van der Waals surface area contributed by atoms with Gasteiger partial charge in [0, 0.05) is 7.11 Å². The second kappa shape index (κ2) is 8.85. The van der Waals surface area contributed by atoms with Crippen LogP contribution in [0.4, 0.5) is 14.9 Å². The molecule has 0 unspecified atom stereocenters. The van der Waals surface area contributed by atoms with E-state index in [0.717, 1.165) is 10.6 Å². The maximum Gasteiger partial charge on any atom is 0.428 e. The minimum Gasteiger partial charge on any atom is -0.489 e. The fraction of sp³-hybridized carbons (Fsp3) is 0.235. The molecule has 0 aliphatic heterocycles. The molecule has 0 bridgehead atoms. The van der Waals surface area contributed by atoms with E-state index < -0.39 is 6.09 Å². The molecular weight excluding hydrogens is 315 g/mol. The Kier molecular flexibility index (Phi) is 6.53. The number of rotatable bonds is 7. The van der Waals surface area contributed by atoms with Gasteiger partial charge in [-0.1, -0.05) is 12.1 Å². The van der Waals surface area contributed by atoms with Gasteiger partial charge in [-0.25, -0.2) is 20.0 Å². The molecule has 0 aromatic heterocycles. The third-order valence-electron chi connectivity index (χ3n) is 3.14. The van der Waals surface area contributed by atoms with E-state index in [1.165, 1.54) is 19.2 Å². The highest BCUT2D eigenvalue weighted by Crippen LogP contribution is 2.19. The Bertz CT molecular complexity index is 647. The number of nitrogens with two attached hydrogens (primary N) is 1. The Morgan fingerprint density at radius 1 is 1.08 bits per heavy atom. The summed E-state index contributed by atoms with van der Waals surface area (Å²) >= 11 is 0. The van der Waals surface area contributed by atoms with Crippen molar-refractivity contribution < 1.29 is 23.4 Å². The third-order valence-corrected chi connectivity index (χ3v) is 3.14. The molecule has 0 fully saturated rings. The van der Waals surface area contributed by atoms with Crippen molar-refractivity contribution in [3.63, 3.8) is 0 Å². The van der Waals surface area contributed by atoms with Crippen molar-refractivity contribution in [3.05, 3.63) is 59.9 Å². The van der Waals surface area contributed by atoms with Gasteiger partial charge in [-0.15, -0.1) is 0 Å². The molecule has 2 N–H and O–H groups in total. The molecule has 6 nitrogen and oxygen atoms in total. The predicted octanol–water partition coefficient (Wildman–Crippen LogP) is 2.87. The maximum absolute atomic E-state index is 12.8. The topological polar surface area (TPSA) is 74.0 Å². The normalized spacial score (nSPS) is 10.3. The quantitative estimate of drug-likeness (QED) is 0.365. The Labute approximate surface area is 139 Å². The summed E-state index contributed by atoms with van der Waals surface area (Å²) in [6.07, 6.45) is -0.674. The molecule has 0 aliphatic carbocycles. The molecule has 128 valence electrons. The van der Waals surface area contributed by atoms with Crippen LogP contribution >= 0.6 is 0 Å². The summed E-state index contributed by atoms with van der Waals surface area (Å²) in [6, 6.07) is 12.7. The molecular formula is C17H19FN2O4.